The van der Waals surface area contributed by atoms with Crippen LogP contribution in [0.5, 0.6) is 5.75 Å². The fourth-order valence-electron chi connectivity index (χ4n) is 2.66. The van der Waals surface area contributed by atoms with Crippen LogP contribution >= 0.6 is 28.1 Å². The average Bonchev–Trinajstić information content (AvgIpc) is 2.76. The summed E-state index contributed by atoms with van der Waals surface area (Å²) in [6.07, 6.45) is 0. The van der Waals surface area contributed by atoms with Gasteiger partial charge in [0.25, 0.3) is 15.9 Å². The summed E-state index contributed by atoms with van der Waals surface area (Å²) >= 11 is 8.58. The number of methoxy groups -OCH3 is 1. The number of amides is 1. The Hall–Kier alpha value is -2.95. The van der Waals surface area contributed by atoms with Gasteiger partial charge in [0.2, 0.25) is 0 Å². The van der Waals surface area contributed by atoms with Crippen LogP contribution < -0.4 is 20.1 Å². The van der Waals surface area contributed by atoms with E-state index in [0.29, 0.717) is 22.7 Å². The number of carbonyl (C=O) groups excluding carboxylic acids is 1. The number of ether oxygens (including phenoxy) is 1. The topological polar surface area (TPSA) is 96.5 Å². The first-order chi connectivity index (χ1) is 15.2. The first-order valence-corrected chi connectivity index (χ1v) is 12.0. The van der Waals surface area contributed by atoms with E-state index >= 15 is 0 Å². The van der Waals surface area contributed by atoms with E-state index in [9.17, 15) is 13.2 Å². The Morgan fingerprint density at radius 3 is 2.19 bits per heavy atom. The predicted octanol–water partition coefficient (Wildman–Crippen LogP) is 4.69. The van der Waals surface area contributed by atoms with Crippen molar-refractivity contribution >= 4 is 60.6 Å². The molecule has 10 heteroatoms. The molecular weight excluding hydrogens is 514 g/mol. The van der Waals surface area contributed by atoms with Gasteiger partial charge in [0.05, 0.1) is 12.0 Å². The lowest BCUT2D eigenvalue weighted by Gasteiger charge is -2.12. The number of benzene rings is 3. The molecule has 0 aromatic heterocycles. The zero-order chi connectivity index (χ0) is 23.3. The number of aryl methyl sites for hydroxylation is 1. The third kappa shape index (κ3) is 6.06. The fourth-order valence-corrected chi connectivity index (χ4v) is 4.31. The van der Waals surface area contributed by atoms with Crippen LogP contribution in [0.3, 0.4) is 0 Å². The maximum absolute atomic E-state index is 12.6. The molecule has 0 aliphatic heterocycles. The number of hydrogen-bond donors (Lipinski definition) is 3. The lowest BCUT2D eigenvalue weighted by atomic mass is 10.1. The molecule has 32 heavy (non-hydrogen) atoms. The molecule has 0 fully saturated rings. The summed E-state index contributed by atoms with van der Waals surface area (Å²) in [5.41, 5.74) is 2.42. The molecule has 166 valence electrons. The smallest absolute Gasteiger partial charge is 0.261 e. The van der Waals surface area contributed by atoms with E-state index in [0.717, 1.165) is 10.0 Å². The second-order valence-corrected chi connectivity index (χ2v) is 9.68. The lowest BCUT2D eigenvalue weighted by molar-refractivity contribution is 0.0977. The van der Waals surface area contributed by atoms with Gasteiger partial charge in [-0.15, -0.1) is 0 Å². The zero-order valence-corrected chi connectivity index (χ0v) is 20.4. The molecule has 3 aromatic carbocycles. The van der Waals surface area contributed by atoms with E-state index in [1.807, 2.05) is 13.0 Å². The van der Waals surface area contributed by atoms with Crippen LogP contribution in [0.15, 0.2) is 76.1 Å². The Bertz CT molecular complexity index is 1250. The molecule has 0 radical (unpaired) electrons. The number of sulfonamides is 1. The van der Waals surface area contributed by atoms with Crippen molar-refractivity contribution in [1.29, 1.82) is 0 Å². The highest BCUT2D eigenvalue weighted by Gasteiger charge is 2.15. The number of hydrogen-bond acceptors (Lipinski definition) is 5. The maximum Gasteiger partial charge on any atom is 0.261 e. The van der Waals surface area contributed by atoms with Crippen molar-refractivity contribution in [1.82, 2.24) is 5.32 Å². The first-order valence-electron chi connectivity index (χ1n) is 9.33. The fraction of sp³-hybridized carbons (Fsp3) is 0.0909. The normalized spacial score (nSPS) is 10.8. The van der Waals surface area contributed by atoms with Gasteiger partial charge in [-0.3, -0.25) is 14.8 Å². The predicted molar refractivity (Wildman–Crippen MR) is 133 cm³/mol. The van der Waals surface area contributed by atoms with Crippen LogP contribution in [0.1, 0.15) is 15.9 Å². The summed E-state index contributed by atoms with van der Waals surface area (Å²) in [4.78, 5) is 12.4. The molecule has 0 atom stereocenters. The monoisotopic (exact) mass is 533 g/mol. The van der Waals surface area contributed by atoms with Gasteiger partial charge >= 0.3 is 0 Å². The highest BCUT2D eigenvalue weighted by atomic mass is 79.9. The number of thiocarbonyl (C=S) groups is 1. The molecule has 0 saturated carbocycles. The Balaban J connectivity index is 1.62. The number of nitrogens with one attached hydrogen (secondary N) is 3. The van der Waals surface area contributed by atoms with E-state index < -0.39 is 10.0 Å². The molecule has 0 aliphatic carbocycles. The van der Waals surface area contributed by atoms with Crippen LogP contribution in [0.25, 0.3) is 0 Å². The molecule has 0 aliphatic rings. The number of anilines is 2. The molecule has 0 saturated heterocycles. The molecule has 0 spiro atoms. The molecule has 1 amide bonds. The minimum atomic E-state index is -3.77. The van der Waals surface area contributed by atoms with Crippen molar-refractivity contribution in [3.05, 3.63) is 82.3 Å². The van der Waals surface area contributed by atoms with Crippen LogP contribution in [0, 0.1) is 6.92 Å². The molecule has 3 aromatic rings. The maximum atomic E-state index is 12.6. The Morgan fingerprint density at radius 2 is 1.59 bits per heavy atom. The van der Waals surface area contributed by atoms with E-state index in [1.165, 1.54) is 19.2 Å². The minimum Gasteiger partial charge on any atom is -0.497 e. The zero-order valence-electron chi connectivity index (χ0n) is 17.2. The van der Waals surface area contributed by atoms with Crippen molar-refractivity contribution < 1.29 is 17.9 Å². The molecular formula is C22H20BrN3O4S2. The average molecular weight is 534 g/mol. The summed E-state index contributed by atoms with van der Waals surface area (Å²) in [6.45, 7) is 1.92. The quantitative estimate of drug-likeness (QED) is 0.397. The van der Waals surface area contributed by atoms with E-state index in [4.69, 9.17) is 17.0 Å². The SMILES string of the molecule is COc1ccc(NS(=O)(=O)c2ccc(NC(=S)NC(=O)c3ccc(C)c(Br)c3)cc2)cc1. The molecule has 7 nitrogen and oxygen atoms in total. The van der Waals surface area contributed by atoms with Gasteiger partial charge in [-0.1, -0.05) is 22.0 Å². The number of rotatable bonds is 6. The van der Waals surface area contributed by atoms with Crippen molar-refractivity contribution in [3.63, 3.8) is 0 Å². The van der Waals surface area contributed by atoms with Gasteiger partial charge < -0.3 is 10.1 Å². The van der Waals surface area contributed by atoms with Crippen molar-refractivity contribution in [2.24, 2.45) is 0 Å². The lowest BCUT2D eigenvalue weighted by Crippen LogP contribution is -2.34. The van der Waals surface area contributed by atoms with Crippen LogP contribution in [-0.4, -0.2) is 26.5 Å². The van der Waals surface area contributed by atoms with Gasteiger partial charge in [-0.25, -0.2) is 8.42 Å². The summed E-state index contributed by atoms with van der Waals surface area (Å²) in [5.74, 6) is 0.271. The highest BCUT2D eigenvalue weighted by Crippen LogP contribution is 2.21. The molecule has 0 bridgehead atoms. The van der Waals surface area contributed by atoms with Crippen LogP contribution in [-0.2, 0) is 10.0 Å². The third-order valence-corrected chi connectivity index (χ3v) is 6.88. The van der Waals surface area contributed by atoms with Crippen molar-refractivity contribution in [2.75, 3.05) is 17.1 Å². The summed E-state index contributed by atoms with van der Waals surface area (Å²) in [7, 11) is -2.23. The van der Waals surface area contributed by atoms with Gasteiger partial charge in [-0.05, 0) is 85.4 Å². The van der Waals surface area contributed by atoms with Gasteiger partial charge in [0.15, 0.2) is 5.11 Å². The molecule has 0 unspecified atom stereocenters. The van der Waals surface area contributed by atoms with Crippen molar-refractivity contribution in [3.8, 4) is 5.75 Å². The van der Waals surface area contributed by atoms with E-state index in [2.05, 4.69) is 31.3 Å². The second-order valence-electron chi connectivity index (χ2n) is 6.73. The largest absolute Gasteiger partial charge is 0.497 e. The highest BCUT2D eigenvalue weighted by molar-refractivity contribution is 9.10. The molecule has 3 N–H and O–H groups in total. The number of halogens is 1. The van der Waals surface area contributed by atoms with Gasteiger partial charge in [-0.2, -0.15) is 0 Å². The standard InChI is InChI=1S/C22H20BrN3O4S2/c1-14-3-4-15(13-20(14)23)21(27)25-22(31)24-16-7-11-19(12-8-16)32(28,29)26-17-5-9-18(30-2)10-6-17/h3-13,26H,1-2H3,(H2,24,25,27,31). The second kappa shape index (κ2) is 10.1. The van der Waals surface area contributed by atoms with E-state index in [1.54, 1.807) is 48.5 Å². The first kappa shape index (κ1) is 23.7. The van der Waals surface area contributed by atoms with Crippen LogP contribution in [0.2, 0.25) is 0 Å². The molecule has 0 heterocycles. The van der Waals surface area contributed by atoms with Gasteiger partial charge in [0, 0.05) is 21.4 Å². The van der Waals surface area contributed by atoms with Gasteiger partial charge in [0.1, 0.15) is 5.75 Å². The van der Waals surface area contributed by atoms with E-state index in [-0.39, 0.29) is 15.9 Å². The Morgan fingerprint density at radius 1 is 0.969 bits per heavy atom. The van der Waals surface area contributed by atoms with Crippen LogP contribution in [0.4, 0.5) is 11.4 Å². The molecule has 3 rings (SSSR count). The summed E-state index contributed by atoms with van der Waals surface area (Å²) < 4.78 is 33.6. The summed E-state index contributed by atoms with van der Waals surface area (Å²) in [6, 6.07) is 17.8. The third-order valence-electron chi connectivity index (χ3n) is 4.43. The summed E-state index contributed by atoms with van der Waals surface area (Å²) in [5, 5.41) is 5.56. The number of carbonyl (C=O) groups is 1. The minimum absolute atomic E-state index is 0.0818. The van der Waals surface area contributed by atoms with Crippen molar-refractivity contribution in [2.45, 2.75) is 11.8 Å². The Labute approximate surface area is 200 Å². The Kier molecular flexibility index (Phi) is 7.49.